The van der Waals surface area contributed by atoms with Gasteiger partial charge in [-0.25, -0.2) is 8.42 Å². The second-order valence-corrected chi connectivity index (χ2v) is 26.1. The highest BCUT2D eigenvalue weighted by atomic mass is 32.2. The van der Waals surface area contributed by atoms with Crippen LogP contribution in [-0.2, 0) is 113 Å². The second kappa shape index (κ2) is 31.1. The standard InChI is InChI=1S/C74H81BO14S/c1-73(2)74(3,4)89-75(88-73)61-40-42-62(43-41-61)90(76,77)53-65-67(81-47-57-32-18-8-19-33-57)69(82-48-58-34-20-9-21-35-58)68(64(85-65)52-79-45-55-28-14-6-15-29-55)87-72-71(84-50-60-38-24-11-25-39-60)70(83-49-59-36-22-10-23-37-59)66(80-46-56-30-16-7-17-31-56)63(86-72)51-78-44-54-26-12-5-13-27-54/h5-43,63-72H,44-53H2,1-4H3/t63?,64?,65-,66-,67?,68-,69+,70-,71?,72-/m0/s1. The fraction of sp³-hybridized carbons (Fsp3) is 0.351. The van der Waals surface area contributed by atoms with E-state index in [4.69, 9.17) is 56.7 Å². The van der Waals surface area contributed by atoms with Gasteiger partial charge in [0.15, 0.2) is 16.1 Å². The third kappa shape index (κ3) is 17.3. The van der Waals surface area contributed by atoms with E-state index in [1.165, 1.54) is 0 Å². The molecule has 11 rings (SSSR count). The lowest BCUT2D eigenvalue weighted by Crippen LogP contribution is -2.66. The van der Waals surface area contributed by atoms with Crippen LogP contribution in [0.15, 0.2) is 241 Å². The Morgan fingerprint density at radius 2 is 0.667 bits per heavy atom. The minimum Gasteiger partial charge on any atom is -0.399 e. The van der Waals surface area contributed by atoms with Crippen LogP contribution in [0.2, 0.25) is 0 Å². The summed E-state index contributed by atoms with van der Waals surface area (Å²) in [4.78, 5) is 0.0882. The van der Waals surface area contributed by atoms with Gasteiger partial charge in [-0.1, -0.05) is 224 Å². The van der Waals surface area contributed by atoms with Gasteiger partial charge in [0.25, 0.3) is 0 Å². The van der Waals surface area contributed by atoms with Gasteiger partial charge in [-0.05, 0) is 84.2 Å². The van der Waals surface area contributed by atoms with E-state index in [0.717, 1.165) is 38.9 Å². The Balaban J connectivity index is 1.000. The largest absolute Gasteiger partial charge is 0.494 e. The van der Waals surface area contributed by atoms with Gasteiger partial charge in [-0.2, -0.15) is 0 Å². The van der Waals surface area contributed by atoms with Crippen molar-refractivity contribution >= 4 is 22.4 Å². The predicted octanol–water partition coefficient (Wildman–Crippen LogP) is 12.0. The Labute approximate surface area is 530 Å². The van der Waals surface area contributed by atoms with Gasteiger partial charge >= 0.3 is 7.12 Å². The van der Waals surface area contributed by atoms with Crippen molar-refractivity contribution in [2.45, 2.75) is 151 Å². The predicted molar refractivity (Wildman–Crippen MR) is 344 cm³/mol. The van der Waals surface area contributed by atoms with Crippen LogP contribution < -0.4 is 5.46 Å². The summed E-state index contributed by atoms with van der Waals surface area (Å²) in [6, 6.07) is 75.8. The molecule has 0 N–H and O–H groups in total. The molecule has 14 nitrogen and oxygen atoms in total. The number of rotatable bonds is 29. The van der Waals surface area contributed by atoms with Gasteiger partial charge in [-0.3, -0.25) is 0 Å². The molecule has 0 aliphatic carbocycles. The molecule has 0 amide bonds. The minimum atomic E-state index is -4.14. The zero-order valence-electron chi connectivity index (χ0n) is 51.6. The van der Waals surface area contributed by atoms with Gasteiger partial charge in [0.05, 0.1) is 81.3 Å². The third-order valence-electron chi connectivity index (χ3n) is 17.0. The van der Waals surface area contributed by atoms with Gasteiger partial charge in [0, 0.05) is 0 Å². The van der Waals surface area contributed by atoms with E-state index in [0.29, 0.717) is 12.1 Å². The number of hydrogen-bond donors (Lipinski definition) is 0. The summed E-state index contributed by atoms with van der Waals surface area (Å²) in [5, 5.41) is 0. The molecule has 0 radical (unpaired) electrons. The molecule has 16 heteroatoms. The lowest BCUT2D eigenvalue weighted by atomic mass is 9.79. The Bertz CT molecular complexity index is 3490. The summed E-state index contributed by atoms with van der Waals surface area (Å²) in [7, 11) is -4.83. The van der Waals surface area contributed by atoms with Crippen molar-refractivity contribution in [3.8, 4) is 0 Å². The lowest BCUT2D eigenvalue weighted by Gasteiger charge is -2.50. The smallest absolute Gasteiger partial charge is 0.399 e. The molecule has 4 unspecified atom stereocenters. The van der Waals surface area contributed by atoms with Crippen LogP contribution >= 0.6 is 0 Å². The zero-order valence-corrected chi connectivity index (χ0v) is 52.4. The van der Waals surface area contributed by atoms with E-state index in [9.17, 15) is 0 Å². The Hall–Kier alpha value is -6.71. The maximum absolute atomic E-state index is 15.2. The van der Waals surface area contributed by atoms with E-state index in [-0.39, 0.29) is 57.8 Å². The molecular formula is C74H81BO14S. The molecule has 470 valence electrons. The quantitative estimate of drug-likeness (QED) is 0.0410. The fourth-order valence-electron chi connectivity index (χ4n) is 11.4. The molecule has 3 fully saturated rings. The van der Waals surface area contributed by atoms with Crippen molar-refractivity contribution < 1.29 is 65.1 Å². The summed E-state index contributed by atoms with van der Waals surface area (Å²) in [5.41, 5.74) is 5.95. The summed E-state index contributed by atoms with van der Waals surface area (Å²) in [6.07, 6.45) is -9.98. The minimum absolute atomic E-state index is 0.0574. The maximum Gasteiger partial charge on any atom is 0.494 e. The van der Waals surface area contributed by atoms with E-state index < -0.39 is 95.1 Å². The van der Waals surface area contributed by atoms with Gasteiger partial charge in [0.2, 0.25) is 0 Å². The van der Waals surface area contributed by atoms with Crippen molar-refractivity contribution in [3.63, 3.8) is 0 Å². The van der Waals surface area contributed by atoms with Crippen molar-refractivity contribution in [2.24, 2.45) is 0 Å². The molecule has 90 heavy (non-hydrogen) atoms. The Morgan fingerprint density at radius 1 is 0.356 bits per heavy atom. The molecule has 8 aromatic carbocycles. The van der Waals surface area contributed by atoms with Crippen molar-refractivity contribution in [2.75, 3.05) is 19.0 Å². The first-order valence-corrected chi connectivity index (χ1v) is 32.6. The van der Waals surface area contributed by atoms with Crippen LogP contribution in [-0.4, -0.2) is 107 Å². The highest BCUT2D eigenvalue weighted by Gasteiger charge is 2.56. The molecule has 0 bridgehead atoms. The summed E-state index contributed by atoms with van der Waals surface area (Å²) in [5.74, 6) is -0.491. The third-order valence-corrected chi connectivity index (χ3v) is 18.7. The lowest BCUT2D eigenvalue weighted by molar-refractivity contribution is -0.362. The zero-order chi connectivity index (χ0) is 62.2. The topological polar surface area (TPSA) is 145 Å². The van der Waals surface area contributed by atoms with E-state index in [1.807, 2.05) is 240 Å². The van der Waals surface area contributed by atoms with Gasteiger partial charge in [0.1, 0.15) is 54.9 Å². The van der Waals surface area contributed by atoms with Crippen LogP contribution in [0.5, 0.6) is 0 Å². The second-order valence-electron chi connectivity index (χ2n) is 24.1. The number of benzene rings is 8. The van der Waals surface area contributed by atoms with Crippen LogP contribution in [0.4, 0.5) is 0 Å². The van der Waals surface area contributed by atoms with Crippen LogP contribution in [0, 0.1) is 0 Å². The van der Waals surface area contributed by atoms with Gasteiger partial charge in [-0.15, -0.1) is 0 Å². The average molecular weight is 1240 g/mol. The number of ether oxygens (including phenoxy) is 10. The molecule has 3 saturated heterocycles. The summed E-state index contributed by atoms with van der Waals surface area (Å²) in [6.45, 7) is 9.22. The average Bonchev–Trinajstić information content (AvgIpc) is 1.10. The molecule has 0 spiro atoms. The Morgan fingerprint density at radius 3 is 1.04 bits per heavy atom. The first-order chi connectivity index (χ1) is 43.8. The fourth-order valence-corrected chi connectivity index (χ4v) is 12.8. The molecule has 8 aromatic rings. The number of hydrogen-bond acceptors (Lipinski definition) is 14. The van der Waals surface area contributed by atoms with E-state index in [2.05, 4.69) is 0 Å². The van der Waals surface area contributed by atoms with Crippen LogP contribution in [0.25, 0.3) is 0 Å². The monoisotopic (exact) mass is 1240 g/mol. The normalized spacial score (nSPS) is 24.0. The van der Waals surface area contributed by atoms with E-state index in [1.54, 1.807) is 24.3 Å². The summed E-state index contributed by atoms with van der Waals surface area (Å²) >= 11 is 0. The summed E-state index contributed by atoms with van der Waals surface area (Å²) < 4.78 is 114. The van der Waals surface area contributed by atoms with E-state index >= 15 is 8.42 Å². The van der Waals surface area contributed by atoms with Crippen LogP contribution in [0.3, 0.4) is 0 Å². The highest BCUT2D eigenvalue weighted by molar-refractivity contribution is 7.91. The van der Waals surface area contributed by atoms with Crippen LogP contribution in [0.1, 0.15) is 66.6 Å². The molecule has 3 aliphatic rings. The van der Waals surface area contributed by atoms with Crippen molar-refractivity contribution in [1.29, 1.82) is 0 Å². The van der Waals surface area contributed by atoms with Crippen molar-refractivity contribution in [1.82, 2.24) is 0 Å². The molecule has 3 aliphatic heterocycles. The first kappa shape index (κ1) is 64.8. The molecule has 10 atom stereocenters. The maximum atomic E-state index is 15.2. The molecule has 0 saturated carbocycles. The Kier molecular flexibility index (Phi) is 22.4. The van der Waals surface area contributed by atoms with Gasteiger partial charge < -0.3 is 56.7 Å². The highest BCUT2D eigenvalue weighted by Crippen LogP contribution is 2.39. The SMILES string of the molecule is CC1(C)OB(c2ccc(S(=O)(=O)C[C@@H]3OC(COCc4ccccc4)[C@H](O[C@@H]4OC(COCc5ccccc5)[C@H](OCc5ccccc5)[C@H](OCc5ccccc5)C4OCc4ccccc4)[C@H](OCc4ccccc4)C3OCc3ccccc3)cc2)OC1(C)C. The first-order valence-electron chi connectivity index (χ1n) is 31.0. The van der Waals surface area contributed by atoms with Crippen molar-refractivity contribution in [3.05, 3.63) is 276 Å². The number of sulfone groups is 1. The molecular weight excluding hydrogens is 1160 g/mol. The molecule has 0 aromatic heterocycles. The molecule has 3 heterocycles.